The van der Waals surface area contributed by atoms with Crippen LogP contribution in [0.25, 0.3) is 0 Å². The third-order valence-electron chi connectivity index (χ3n) is 1.04. The van der Waals surface area contributed by atoms with E-state index in [0.717, 1.165) is 13.0 Å². The Bertz CT molecular complexity index is 68.8. The van der Waals surface area contributed by atoms with Crippen molar-refractivity contribution >= 4 is 15.9 Å². The molecule has 2 atom stereocenters. The number of hydrogen-bond acceptors (Lipinski definition) is 2. The third-order valence-corrected chi connectivity index (χ3v) is 1.71. The molecule has 1 heterocycles. The molecule has 0 amide bonds. The lowest BCUT2D eigenvalue weighted by atomic mass is 10.4. The van der Waals surface area contributed by atoms with E-state index in [1.807, 2.05) is 6.92 Å². The Morgan fingerprint density at radius 3 is 2.75 bits per heavy atom. The minimum absolute atomic E-state index is 0.0341. The molecule has 3 heteroatoms. The molecule has 1 fully saturated rings. The van der Waals surface area contributed by atoms with Crippen molar-refractivity contribution < 1.29 is 9.47 Å². The number of hydrogen-bond donors (Lipinski definition) is 0. The molecule has 1 aliphatic heterocycles. The second-order valence-electron chi connectivity index (χ2n) is 1.77. The van der Waals surface area contributed by atoms with Crippen LogP contribution in [0, 0.1) is 0 Å². The quantitative estimate of drug-likeness (QED) is 0.527. The summed E-state index contributed by atoms with van der Waals surface area (Å²) in [6.45, 7) is 2.70. The van der Waals surface area contributed by atoms with Crippen LogP contribution in [-0.2, 0) is 9.47 Å². The fourth-order valence-corrected chi connectivity index (χ4v) is 1.13. The minimum Gasteiger partial charge on any atom is -0.353 e. The van der Waals surface area contributed by atoms with E-state index in [9.17, 15) is 0 Å². The topological polar surface area (TPSA) is 18.5 Å². The van der Waals surface area contributed by atoms with Crippen LogP contribution in [0.5, 0.6) is 0 Å². The summed E-state index contributed by atoms with van der Waals surface area (Å²) in [4.78, 5) is 0. The SMILES string of the molecule is CC1OCCC(Br)O1. The highest BCUT2D eigenvalue weighted by Gasteiger charge is 2.15. The van der Waals surface area contributed by atoms with Gasteiger partial charge in [0.1, 0.15) is 5.01 Å². The molecule has 0 aliphatic carbocycles. The van der Waals surface area contributed by atoms with Gasteiger partial charge in [0, 0.05) is 6.42 Å². The molecular formula is C5H9BrO2. The van der Waals surface area contributed by atoms with Crippen LogP contribution in [0.2, 0.25) is 0 Å². The summed E-state index contributed by atoms with van der Waals surface area (Å²) in [5, 5.41) is 0.200. The monoisotopic (exact) mass is 180 g/mol. The lowest BCUT2D eigenvalue weighted by molar-refractivity contribution is -0.176. The zero-order valence-electron chi connectivity index (χ0n) is 4.76. The molecule has 0 aromatic carbocycles. The van der Waals surface area contributed by atoms with Gasteiger partial charge in [-0.1, -0.05) is 15.9 Å². The number of rotatable bonds is 0. The first-order valence-corrected chi connectivity index (χ1v) is 3.62. The zero-order valence-corrected chi connectivity index (χ0v) is 6.35. The summed E-state index contributed by atoms with van der Waals surface area (Å²) < 4.78 is 10.3. The average Bonchev–Trinajstić information content (AvgIpc) is 1.64. The molecule has 0 radical (unpaired) electrons. The number of alkyl halides is 1. The standard InChI is InChI=1S/C5H9BrO2/c1-4-7-3-2-5(6)8-4/h4-5H,2-3H2,1H3. The van der Waals surface area contributed by atoms with Gasteiger partial charge >= 0.3 is 0 Å². The second-order valence-corrected chi connectivity index (χ2v) is 2.79. The first-order chi connectivity index (χ1) is 3.79. The van der Waals surface area contributed by atoms with Crippen LogP contribution in [0.3, 0.4) is 0 Å². The minimum atomic E-state index is -0.0341. The van der Waals surface area contributed by atoms with Gasteiger partial charge in [-0.05, 0) is 6.92 Å². The van der Waals surface area contributed by atoms with E-state index >= 15 is 0 Å². The van der Waals surface area contributed by atoms with Gasteiger partial charge in [-0.3, -0.25) is 0 Å². The summed E-state index contributed by atoms with van der Waals surface area (Å²) in [6, 6.07) is 0. The van der Waals surface area contributed by atoms with Crippen molar-refractivity contribution in [3.8, 4) is 0 Å². The fraction of sp³-hybridized carbons (Fsp3) is 1.00. The highest BCUT2D eigenvalue weighted by Crippen LogP contribution is 2.15. The highest BCUT2D eigenvalue weighted by molar-refractivity contribution is 9.09. The first kappa shape index (κ1) is 6.52. The molecule has 0 aromatic heterocycles. The van der Waals surface area contributed by atoms with Gasteiger partial charge in [0.05, 0.1) is 6.61 Å². The van der Waals surface area contributed by atoms with Crippen LogP contribution in [0.4, 0.5) is 0 Å². The summed E-state index contributed by atoms with van der Waals surface area (Å²) in [5.74, 6) is 0. The molecule has 1 rings (SSSR count). The maximum atomic E-state index is 5.18. The Kier molecular flexibility index (Phi) is 2.28. The van der Waals surface area contributed by atoms with Gasteiger partial charge < -0.3 is 9.47 Å². The summed E-state index contributed by atoms with van der Waals surface area (Å²) in [5.41, 5.74) is 0. The van der Waals surface area contributed by atoms with Crippen molar-refractivity contribution in [3.63, 3.8) is 0 Å². The van der Waals surface area contributed by atoms with Crippen LogP contribution < -0.4 is 0 Å². The molecule has 0 aromatic rings. The lowest BCUT2D eigenvalue weighted by Gasteiger charge is -2.23. The van der Waals surface area contributed by atoms with Crippen molar-refractivity contribution in [2.45, 2.75) is 24.6 Å². The fourth-order valence-electron chi connectivity index (χ4n) is 0.642. The van der Waals surface area contributed by atoms with E-state index in [1.54, 1.807) is 0 Å². The normalized spacial score (nSPS) is 39.8. The smallest absolute Gasteiger partial charge is 0.156 e. The van der Waals surface area contributed by atoms with Crippen molar-refractivity contribution in [1.82, 2.24) is 0 Å². The molecule has 0 N–H and O–H groups in total. The van der Waals surface area contributed by atoms with E-state index in [-0.39, 0.29) is 11.3 Å². The maximum absolute atomic E-state index is 5.18. The summed E-state index contributed by atoms with van der Waals surface area (Å²) in [6.07, 6.45) is 0.915. The Balaban J connectivity index is 2.23. The Morgan fingerprint density at radius 2 is 2.38 bits per heavy atom. The molecule has 2 nitrogen and oxygen atoms in total. The molecule has 2 unspecified atom stereocenters. The molecular weight excluding hydrogens is 172 g/mol. The Labute approximate surface area is 57.3 Å². The number of ether oxygens (including phenoxy) is 2. The van der Waals surface area contributed by atoms with E-state index in [1.165, 1.54) is 0 Å². The molecule has 1 saturated heterocycles. The number of halogens is 1. The largest absolute Gasteiger partial charge is 0.353 e. The molecule has 0 saturated carbocycles. The van der Waals surface area contributed by atoms with Crippen molar-refractivity contribution in [1.29, 1.82) is 0 Å². The van der Waals surface area contributed by atoms with Gasteiger partial charge in [0.2, 0.25) is 0 Å². The van der Waals surface area contributed by atoms with E-state index < -0.39 is 0 Å². The predicted octanol–water partition coefficient (Wildman–Crippen LogP) is 1.49. The van der Waals surface area contributed by atoms with Gasteiger partial charge in [0.15, 0.2) is 6.29 Å². The molecule has 48 valence electrons. The van der Waals surface area contributed by atoms with Crippen LogP contribution >= 0.6 is 15.9 Å². The molecule has 1 aliphatic rings. The maximum Gasteiger partial charge on any atom is 0.156 e. The lowest BCUT2D eigenvalue weighted by Crippen LogP contribution is -2.25. The van der Waals surface area contributed by atoms with Crippen molar-refractivity contribution in [2.75, 3.05) is 6.61 Å². The van der Waals surface area contributed by atoms with Crippen LogP contribution in [0.1, 0.15) is 13.3 Å². The van der Waals surface area contributed by atoms with Crippen LogP contribution in [-0.4, -0.2) is 17.9 Å². The molecule has 0 spiro atoms. The van der Waals surface area contributed by atoms with E-state index in [2.05, 4.69) is 15.9 Å². The van der Waals surface area contributed by atoms with Gasteiger partial charge in [-0.2, -0.15) is 0 Å². The van der Waals surface area contributed by atoms with Gasteiger partial charge in [-0.25, -0.2) is 0 Å². The molecule has 0 bridgehead atoms. The average molecular weight is 181 g/mol. The third kappa shape index (κ3) is 1.73. The predicted molar refractivity (Wildman–Crippen MR) is 33.8 cm³/mol. The molecule has 8 heavy (non-hydrogen) atoms. The van der Waals surface area contributed by atoms with Crippen molar-refractivity contribution in [2.24, 2.45) is 0 Å². The summed E-state index contributed by atoms with van der Waals surface area (Å²) in [7, 11) is 0. The second kappa shape index (κ2) is 2.80. The Hall–Kier alpha value is 0.400. The van der Waals surface area contributed by atoms with Crippen LogP contribution in [0.15, 0.2) is 0 Å². The first-order valence-electron chi connectivity index (χ1n) is 2.70. The summed E-state index contributed by atoms with van der Waals surface area (Å²) >= 11 is 3.33. The Morgan fingerprint density at radius 1 is 1.62 bits per heavy atom. The highest BCUT2D eigenvalue weighted by atomic mass is 79.9. The van der Waals surface area contributed by atoms with E-state index in [4.69, 9.17) is 9.47 Å². The van der Waals surface area contributed by atoms with E-state index in [0.29, 0.717) is 0 Å². The van der Waals surface area contributed by atoms with Gasteiger partial charge in [-0.15, -0.1) is 0 Å². The van der Waals surface area contributed by atoms with Gasteiger partial charge in [0.25, 0.3) is 0 Å². The zero-order chi connectivity index (χ0) is 5.98. The van der Waals surface area contributed by atoms with Crippen molar-refractivity contribution in [3.05, 3.63) is 0 Å².